The van der Waals surface area contributed by atoms with E-state index in [2.05, 4.69) is 15.1 Å². The molecule has 1 aliphatic heterocycles. The van der Waals surface area contributed by atoms with E-state index in [1.165, 1.54) is 0 Å². The monoisotopic (exact) mass is 238 g/mol. The van der Waals surface area contributed by atoms with Gasteiger partial charge in [-0.15, -0.1) is 5.10 Å². The maximum Gasteiger partial charge on any atom is 0.155 e. The van der Waals surface area contributed by atoms with Gasteiger partial charge < -0.3 is 20.1 Å². The van der Waals surface area contributed by atoms with Crippen LogP contribution in [0.2, 0.25) is 0 Å². The molecule has 94 valence electrons. The topological polar surface area (TPSA) is 73.5 Å². The Bertz CT molecular complexity index is 362. The first kappa shape index (κ1) is 12.2. The van der Waals surface area contributed by atoms with Gasteiger partial charge in [0.15, 0.2) is 5.82 Å². The van der Waals surface area contributed by atoms with Crippen LogP contribution < -0.4 is 10.6 Å². The third-order valence-corrected chi connectivity index (χ3v) is 3.12. The SMILES string of the molecule is COC1CN(c2nnccc2CN)CC1OC. The fourth-order valence-electron chi connectivity index (χ4n) is 2.15. The van der Waals surface area contributed by atoms with E-state index in [0.717, 1.165) is 24.5 Å². The summed E-state index contributed by atoms with van der Waals surface area (Å²) < 4.78 is 10.8. The van der Waals surface area contributed by atoms with Crippen LogP contribution in [0.4, 0.5) is 5.82 Å². The lowest BCUT2D eigenvalue weighted by molar-refractivity contribution is -0.00461. The summed E-state index contributed by atoms with van der Waals surface area (Å²) >= 11 is 0. The Morgan fingerprint density at radius 3 is 2.53 bits per heavy atom. The van der Waals surface area contributed by atoms with Crippen molar-refractivity contribution in [1.29, 1.82) is 0 Å². The van der Waals surface area contributed by atoms with Gasteiger partial charge in [-0.3, -0.25) is 0 Å². The molecular weight excluding hydrogens is 220 g/mol. The van der Waals surface area contributed by atoms with Crippen LogP contribution in [0.1, 0.15) is 5.56 Å². The van der Waals surface area contributed by atoms with Gasteiger partial charge in [-0.05, 0) is 6.07 Å². The van der Waals surface area contributed by atoms with E-state index >= 15 is 0 Å². The zero-order valence-electron chi connectivity index (χ0n) is 10.2. The first-order valence-electron chi connectivity index (χ1n) is 5.61. The van der Waals surface area contributed by atoms with Crippen LogP contribution in [-0.4, -0.2) is 49.7 Å². The molecule has 0 amide bonds. The first-order valence-corrected chi connectivity index (χ1v) is 5.61. The lowest BCUT2D eigenvalue weighted by Gasteiger charge is -2.18. The number of anilines is 1. The highest BCUT2D eigenvalue weighted by Crippen LogP contribution is 2.23. The van der Waals surface area contributed by atoms with E-state index in [1.807, 2.05) is 6.07 Å². The molecule has 1 aromatic rings. The van der Waals surface area contributed by atoms with Crippen molar-refractivity contribution in [2.45, 2.75) is 18.8 Å². The molecule has 1 fully saturated rings. The minimum Gasteiger partial charge on any atom is -0.377 e. The highest BCUT2D eigenvalue weighted by molar-refractivity contribution is 5.47. The number of hydrogen-bond donors (Lipinski definition) is 1. The number of hydrogen-bond acceptors (Lipinski definition) is 6. The van der Waals surface area contributed by atoms with Crippen molar-refractivity contribution in [2.24, 2.45) is 5.73 Å². The van der Waals surface area contributed by atoms with Crippen molar-refractivity contribution in [3.8, 4) is 0 Å². The van der Waals surface area contributed by atoms with Gasteiger partial charge in [0.1, 0.15) is 12.2 Å². The molecule has 0 bridgehead atoms. The minimum atomic E-state index is 0.0626. The van der Waals surface area contributed by atoms with Crippen LogP contribution in [0.3, 0.4) is 0 Å². The first-order chi connectivity index (χ1) is 8.30. The van der Waals surface area contributed by atoms with Crippen molar-refractivity contribution >= 4 is 5.82 Å². The molecule has 17 heavy (non-hydrogen) atoms. The Morgan fingerprint density at radius 1 is 1.35 bits per heavy atom. The molecule has 0 spiro atoms. The number of ether oxygens (including phenoxy) is 2. The lowest BCUT2D eigenvalue weighted by atomic mass is 10.2. The summed E-state index contributed by atoms with van der Waals surface area (Å²) in [7, 11) is 3.39. The predicted molar refractivity (Wildman–Crippen MR) is 63.7 cm³/mol. The van der Waals surface area contributed by atoms with Crippen molar-refractivity contribution in [3.63, 3.8) is 0 Å². The van der Waals surface area contributed by atoms with Crippen LogP contribution in [0.15, 0.2) is 12.3 Å². The summed E-state index contributed by atoms with van der Waals surface area (Å²) in [4.78, 5) is 2.11. The fourth-order valence-corrected chi connectivity index (χ4v) is 2.15. The molecule has 1 saturated heterocycles. The second-order valence-electron chi connectivity index (χ2n) is 4.04. The van der Waals surface area contributed by atoms with Crippen LogP contribution >= 0.6 is 0 Å². The normalized spacial score (nSPS) is 24.3. The van der Waals surface area contributed by atoms with E-state index in [1.54, 1.807) is 20.4 Å². The third kappa shape index (κ3) is 2.38. The van der Waals surface area contributed by atoms with Gasteiger partial charge in [-0.25, -0.2) is 0 Å². The Hall–Kier alpha value is -1.24. The maximum absolute atomic E-state index is 5.70. The number of nitrogens with two attached hydrogens (primary N) is 1. The zero-order chi connectivity index (χ0) is 12.3. The second kappa shape index (κ2) is 5.39. The molecule has 1 aliphatic rings. The van der Waals surface area contributed by atoms with Crippen molar-refractivity contribution in [3.05, 3.63) is 17.8 Å². The molecule has 2 unspecified atom stereocenters. The number of methoxy groups -OCH3 is 2. The molecule has 2 atom stereocenters. The summed E-state index contributed by atoms with van der Waals surface area (Å²) in [6.45, 7) is 1.96. The third-order valence-electron chi connectivity index (χ3n) is 3.12. The van der Waals surface area contributed by atoms with Gasteiger partial charge in [-0.1, -0.05) is 0 Å². The van der Waals surface area contributed by atoms with Gasteiger partial charge in [0, 0.05) is 39.4 Å². The minimum absolute atomic E-state index is 0.0626. The Balaban J connectivity index is 2.18. The zero-order valence-corrected chi connectivity index (χ0v) is 10.2. The van der Waals surface area contributed by atoms with Gasteiger partial charge in [-0.2, -0.15) is 5.10 Å². The van der Waals surface area contributed by atoms with Gasteiger partial charge in [0.25, 0.3) is 0 Å². The highest BCUT2D eigenvalue weighted by Gasteiger charge is 2.34. The average molecular weight is 238 g/mol. The molecular formula is C11H18N4O2. The molecule has 0 radical (unpaired) electrons. The van der Waals surface area contributed by atoms with E-state index in [9.17, 15) is 0 Å². The smallest absolute Gasteiger partial charge is 0.155 e. The molecule has 6 heteroatoms. The highest BCUT2D eigenvalue weighted by atomic mass is 16.5. The molecule has 1 aromatic heterocycles. The van der Waals surface area contributed by atoms with E-state index < -0.39 is 0 Å². The molecule has 0 aliphatic carbocycles. The van der Waals surface area contributed by atoms with Crippen molar-refractivity contribution in [1.82, 2.24) is 10.2 Å². The van der Waals surface area contributed by atoms with Crippen molar-refractivity contribution in [2.75, 3.05) is 32.2 Å². The summed E-state index contributed by atoms with van der Waals surface area (Å²) in [5, 5.41) is 8.06. The van der Waals surface area contributed by atoms with Crippen molar-refractivity contribution < 1.29 is 9.47 Å². The Labute approximate surface area is 101 Å². The average Bonchev–Trinajstić information content (AvgIpc) is 2.81. The summed E-state index contributed by atoms with van der Waals surface area (Å²) in [6, 6.07) is 1.89. The molecule has 6 nitrogen and oxygen atoms in total. The second-order valence-corrected chi connectivity index (χ2v) is 4.04. The van der Waals surface area contributed by atoms with Gasteiger partial charge >= 0.3 is 0 Å². The molecule has 0 aromatic carbocycles. The lowest BCUT2D eigenvalue weighted by Crippen LogP contribution is -2.27. The Kier molecular flexibility index (Phi) is 3.88. The number of nitrogens with zero attached hydrogens (tertiary/aromatic N) is 3. The fraction of sp³-hybridized carbons (Fsp3) is 0.636. The van der Waals surface area contributed by atoms with Gasteiger partial charge in [0.05, 0.1) is 6.20 Å². The maximum atomic E-state index is 5.70. The van der Waals surface area contributed by atoms with Crippen LogP contribution in [0, 0.1) is 0 Å². The number of rotatable bonds is 4. The van der Waals surface area contributed by atoms with Crippen LogP contribution in [0.5, 0.6) is 0 Å². The number of aromatic nitrogens is 2. The molecule has 0 saturated carbocycles. The molecule has 2 N–H and O–H groups in total. The predicted octanol–water partition coefficient (Wildman–Crippen LogP) is -0.215. The quantitative estimate of drug-likeness (QED) is 0.782. The van der Waals surface area contributed by atoms with Crippen LogP contribution in [-0.2, 0) is 16.0 Å². The Morgan fingerprint density at radius 2 is 2.00 bits per heavy atom. The summed E-state index contributed by atoms with van der Waals surface area (Å²) in [5.74, 6) is 0.830. The van der Waals surface area contributed by atoms with E-state index in [0.29, 0.717) is 6.54 Å². The summed E-state index contributed by atoms with van der Waals surface area (Å²) in [5.41, 5.74) is 6.69. The largest absolute Gasteiger partial charge is 0.377 e. The summed E-state index contributed by atoms with van der Waals surface area (Å²) in [6.07, 6.45) is 1.78. The van der Waals surface area contributed by atoms with Crippen LogP contribution in [0.25, 0.3) is 0 Å². The van der Waals surface area contributed by atoms with Gasteiger partial charge in [0.2, 0.25) is 0 Å². The van der Waals surface area contributed by atoms with E-state index in [4.69, 9.17) is 15.2 Å². The molecule has 2 heterocycles. The molecule has 2 rings (SSSR count). The van der Waals surface area contributed by atoms with E-state index in [-0.39, 0.29) is 12.2 Å². The standard InChI is InChI=1S/C11H18N4O2/c1-16-9-6-15(7-10(9)17-2)11-8(5-12)3-4-13-14-11/h3-4,9-10H,5-7,12H2,1-2H3.